The Balaban J connectivity index is 1.93. The molecule has 0 bridgehead atoms. The highest BCUT2D eigenvalue weighted by Gasteiger charge is 2.35. The van der Waals surface area contributed by atoms with Gasteiger partial charge < -0.3 is 10.1 Å². The fraction of sp³-hybridized carbons (Fsp3) is 0.562. The molecule has 3 nitrogen and oxygen atoms in total. The Labute approximate surface area is 115 Å². The van der Waals surface area contributed by atoms with Crippen LogP contribution in [0, 0.1) is 5.92 Å². The zero-order valence-electron chi connectivity index (χ0n) is 11.8. The molecule has 1 aliphatic carbocycles. The van der Waals surface area contributed by atoms with Crippen molar-refractivity contribution < 1.29 is 9.53 Å². The van der Waals surface area contributed by atoms with Crippen LogP contribution in [0.2, 0.25) is 0 Å². The molecule has 2 rings (SSSR count). The Morgan fingerprint density at radius 2 is 2.05 bits per heavy atom. The lowest BCUT2D eigenvalue weighted by Gasteiger charge is -2.28. The van der Waals surface area contributed by atoms with Crippen LogP contribution in [-0.2, 0) is 16.0 Å². The molecule has 1 atom stereocenters. The van der Waals surface area contributed by atoms with Crippen LogP contribution in [0.25, 0.3) is 0 Å². The second kappa shape index (κ2) is 6.20. The third kappa shape index (κ3) is 4.06. The molecule has 1 saturated carbocycles. The quantitative estimate of drug-likeness (QED) is 0.767. The first-order valence-corrected chi connectivity index (χ1v) is 7.01. The Morgan fingerprint density at radius 3 is 2.63 bits per heavy atom. The van der Waals surface area contributed by atoms with E-state index in [-0.39, 0.29) is 5.97 Å². The molecule has 19 heavy (non-hydrogen) atoms. The van der Waals surface area contributed by atoms with E-state index >= 15 is 0 Å². The van der Waals surface area contributed by atoms with Crippen molar-refractivity contribution in [3.05, 3.63) is 35.9 Å². The van der Waals surface area contributed by atoms with E-state index in [9.17, 15) is 4.79 Å². The van der Waals surface area contributed by atoms with Gasteiger partial charge in [0.15, 0.2) is 0 Å². The van der Waals surface area contributed by atoms with Crippen molar-refractivity contribution in [1.82, 2.24) is 5.32 Å². The molecule has 3 heteroatoms. The minimum atomic E-state index is -0.576. The largest absolute Gasteiger partial charge is 0.468 e. The van der Waals surface area contributed by atoms with Gasteiger partial charge in [0.05, 0.1) is 7.11 Å². The van der Waals surface area contributed by atoms with E-state index in [1.165, 1.54) is 25.5 Å². The van der Waals surface area contributed by atoms with Crippen LogP contribution in [0.4, 0.5) is 0 Å². The molecular formula is C16H23NO2. The maximum Gasteiger partial charge on any atom is 0.325 e. The van der Waals surface area contributed by atoms with Crippen molar-refractivity contribution in [3.8, 4) is 0 Å². The van der Waals surface area contributed by atoms with E-state index in [2.05, 4.69) is 17.4 Å². The summed E-state index contributed by atoms with van der Waals surface area (Å²) >= 11 is 0. The first-order chi connectivity index (χ1) is 9.14. The highest BCUT2D eigenvalue weighted by molar-refractivity contribution is 5.80. The molecule has 1 aliphatic rings. The number of hydrogen-bond donors (Lipinski definition) is 1. The molecule has 0 aromatic heterocycles. The van der Waals surface area contributed by atoms with Crippen molar-refractivity contribution >= 4 is 5.97 Å². The van der Waals surface area contributed by atoms with Crippen molar-refractivity contribution in [2.24, 2.45) is 5.92 Å². The molecule has 1 fully saturated rings. The van der Waals surface area contributed by atoms with Crippen molar-refractivity contribution in [3.63, 3.8) is 0 Å². The summed E-state index contributed by atoms with van der Waals surface area (Å²) in [5.41, 5.74) is 0.679. The van der Waals surface area contributed by atoms with Crippen LogP contribution >= 0.6 is 0 Å². The van der Waals surface area contributed by atoms with Gasteiger partial charge in [0.1, 0.15) is 5.54 Å². The summed E-state index contributed by atoms with van der Waals surface area (Å²) < 4.78 is 4.96. The number of carbonyl (C=O) groups is 1. The summed E-state index contributed by atoms with van der Waals surface area (Å²) in [6, 6.07) is 10.3. The first kappa shape index (κ1) is 14.1. The normalized spacial score (nSPS) is 17.8. The molecule has 0 spiro atoms. The van der Waals surface area contributed by atoms with E-state index in [0.29, 0.717) is 0 Å². The van der Waals surface area contributed by atoms with Gasteiger partial charge in [-0.3, -0.25) is 4.79 Å². The van der Waals surface area contributed by atoms with E-state index in [0.717, 1.165) is 25.3 Å². The van der Waals surface area contributed by atoms with E-state index in [1.807, 2.05) is 25.1 Å². The zero-order chi connectivity index (χ0) is 13.7. The van der Waals surface area contributed by atoms with E-state index < -0.39 is 5.54 Å². The standard InChI is InChI=1S/C16H23NO2/c1-16(15(18)19-2,17-12-14-8-9-14)11-10-13-6-4-3-5-7-13/h3-7,14,17H,8-12H2,1-2H3. The number of rotatable bonds is 7. The van der Waals surface area contributed by atoms with Gasteiger partial charge in [-0.15, -0.1) is 0 Å². The summed E-state index contributed by atoms with van der Waals surface area (Å²) in [6.45, 7) is 2.87. The fourth-order valence-corrected chi connectivity index (χ4v) is 2.22. The predicted octanol–water partition coefficient (Wildman–Crippen LogP) is 2.55. The van der Waals surface area contributed by atoms with Crippen LogP contribution in [0.1, 0.15) is 31.7 Å². The maximum atomic E-state index is 12.0. The van der Waals surface area contributed by atoms with E-state index in [4.69, 9.17) is 4.74 Å². The number of methoxy groups -OCH3 is 1. The number of benzene rings is 1. The first-order valence-electron chi connectivity index (χ1n) is 7.01. The van der Waals surface area contributed by atoms with Gasteiger partial charge >= 0.3 is 5.97 Å². The number of hydrogen-bond acceptors (Lipinski definition) is 3. The summed E-state index contributed by atoms with van der Waals surface area (Å²) in [5.74, 6) is 0.588. The third-order valence-electron chi connectivity index (χ3n) is 3.87. The highest BCUT2D eigenvalue weighted by Crippen LogP contribution is 2.29. The lowest BCUT2D eigenvalue weighted by molar-refractivity contribution is -0.148. The van der Waals surface area contributed by atoms with Crippen molar-refractivity contribution in [1.29, 1.82) is 0 Å². The average molecular weight is 261 g/mol. The van der Waals surface area contributed by atoms with Crippen molar-refractivity contribution in [2.75, 3.05) is 13.7 Å². The Hall–Kier alpha value is -1.35. The lowest BCUT2D eigenvalue weighted by Crippen LogP contribution is -2.51. The van der Waals surface area contributed by atoms with Gasteiger partial charge in [0.25, 0.3) is 0 Å². The highest BCUT2D eigenvalue weighted by atomic mass is 16.5. The van der Waals surface area contributed by atoms with Gasteiger partial charge in [-0.05, 0) is 50.6 Å². The van der Waals surface area contributed by atoms with Crippen LogP contribution in [0.3, 0.4) is 0 Å². The van der Waals surface area contributed by atoms with Gasteiger partial charge in [-0.2, -0.15) is 0 Å². The van der Waals surface area contributed by atoms with Crippen LogP contribution < -0.4 is 5.32 Å². The molecule has 1 N–H and O–H groups in total. The Morgan fingerprint density at radius 1 is 1.37 bits per heavy atom. The summed E-state index contributed by atoms with van der Waals surface area (Å²) in [7, 11) is 1.46. The second-order valence-corrected chi connectivity index (χ2v) is 5.63. The van der Waals surface area contributed by atoms with E-state index in [1.54, 1.807) is 0 Å². The number of nitrogens with one attached hydrogen (secondary N) is 1. The summed E-state index contributed by atoms with van der Waals surface area (Å²) in [6.07, 6.45) is 4.20. The molecule has 0 aliphatic heterocycles. The Bertz CT molecular complexity index is 414. The molecule has 0 radical (unpaired) electrons. The van der Waals surface area contributed by atoms with Crippen LogP contribution in [0.5, 0.6) is 0 Å². The molecule has 1 unspecified atom stereocenters. The minimum absolute atomic E-state index is 0.163. The number of esters is 1. The summed E-state index contributed by atoms with van der Waals surface area (Å²) in [4.78, 5) is 12.0. The average Bonchev–Trinajstić information content (AvgIpc) is 3.27. The second-order valence-electron chi connectivity index (χ2n) is 5.63. The third-order valence-corrected chi connectivity index (χ3v) is 3.87. The molecule has 1 aromatic rings. The monoisotopic (exact) mass is 261 g/mol. The van der Waals surface area contributed by atoms with Gasteiger partial charge in [-0.25, -0.2) is 0 Å². The molecule has 1 aromatic carbocycles. The molecule has 104 valence electrons. The molecule has 0 saturated heterocycles. The van der Waals surface area contributed by atoms with Crippen molar-refractivity contribution in [2.45, 2.75) is 38.1 Å². The van der Waals surface area contributed by atoms with Crippen LogP contribution in [-0.4, -0.2) is 25.2 Å². The molecule has 0 amide bonds. The zero-order valence-corrected chi connectivity index (χ0v) is 11.8. The number of carbonyl (C=O) groups excluding carboxylic acids is 1. The smallest absolute Gasteiger partial charge is 0.325 e. The van der Waals surface area contributed by atoms with Gasteiger partial charge in [-0.1, -0.05) is 30.3 Å². The SMILES string of the molecule is COC(=O)C(C)(CCc1ccccc1)NCC1CC1. The molecule has 0 heterocycles. The number of ether oxygens (including phenoxy) is 1. The maximum absolute atomic E-state index is 12.0. The van der Waals surface area contributed by atoms with Gasteiger partial charge in [0, 0.05) is 0 Å². The van der Waals surface area contributed by atoms with Gasteiger partial charge in [0.2, 0.25) is 0 Å². The number of aryl methyl sites for hydroxylation is 1. The minimum Gasteiger partial charge on any atom is -0.468 e. The topological polar surface area (TPSA) is 38.3 Å². The Kier molecular flexibility index (Phi) is 4.59. The van der Waals surface area contributed by atoms with Crippen LogP contribution in [0.15, 0.2) is 30.3 Å². The summed E-state index contributed by atoms with van der Waals surface area (Å²) in [5, 5.41) is 3.40. The lowest BCUT2D eigenvalue weighted by atomic mass is 9.93. The molecular weight excluding hydrogens is 238 g/mol. The fourth-order valence-electron chi connectivity index (χ4n) is 2.22. The predicted molar refractivity (Wildman–Crippen MR) is 75.9 cm³/mol.